The molecule has 3 heteroatoms. The fraction of sp³-hybridized carbons (Fsp3) is 0.333. The standard InChI is InChI=1S/C12H15FN2/c1-9-7-10-3-4-11(13)8-12(10)15(9)6-2-5-14/h3-4,7-8H,2,5-6,14H2,1H3. The fourth-order valence-electron chi connectivity index (χ4n) is 1.91. The summed E-state index contributed by atoms with van der Waals surface area (Å²) in [5.74, 6) is -0.186. The summed E-state index contributed by atoms with van der Waals surface area (Å²) in [5, 5.41) is 1.09. The van der Waals surface area contributed by atoms with Gasteiger partial charge in [-0.05, 0) is 44.2 Å². The molecule has 0 amide bonds. The van der Waals surface area contributed by atoms with Crippen LogP contribution in [0.15, 0.2) is 24.3 Å². The molecule has 0 saturated heterocycles. The van der Waals surface area contributed by atoms with Crippen molar-refractivity contribution in [1.29, 1.82) is 0 Å². The first kappa shape index (κ1) is 10.2. The van der Waals surface area contributed by atoms with Crippen LogP contribution in [0.3, 0.4) is 0 Å². The van der Waals surface area contributed by atoms with Crippen molar-refractivity contribution in [2.75, 3.05) is 6.54 Å². The molecular formula is C12H15FN2. The highest BCUT2D eigenvalue weighted by atomic mass is 19.1. The molecule has 0 saturated carbocycles. The molecule has 2 rings (SSSR count). The first-order chi connectivity index (χ1) is 7.22. The van der Waals surface area contributed by atoms with Crippen LogP contribution in [0, 0.1) is 12.7 Å². The normalized spacial score (nSPS) is 11.1. The van der Waals surface area contributed by atoms with Gasteiger partial charge in [-0.15, -0.1) is 0 Å². The Labute approximate surface area is 88.5 Å². The van der Waals surface area contributed by atoms with Crippen molar-refractivity contribution in [3.05, 3.63) is 35.8 Å². The second-order valence-corrected chi connectivity index (χ2v) is 3.78. The first-order valence-electron chi connectivity index (χ1n) is 5.18. The van der Waals surface area contributed by atoms with Gasteiger partial charge in [-0.1, -0.05) is 0 Å². The quantitative estimate of drug-likeness (QED) is 0.821. The molecule has 1 heterocycles. The molecule has 2 nitrogen and oxygen atoms in total. The lowest BCUT2D eigenvalue weighted by molar-refractivity contribution is 0.624. The van der Waals surface area contributed by atoms with Crippen LogP contribution in [0.2, 0.25) is 0 Å². The van der Waals surface area contributed by atoms with E-state index in [1.807, 2.05) is 13.0 Å². The van der Waals surface area contributed by atoms with E-state index < -0.39 is 0 Å². The molecule has 0 unspecified atom stereocenters. The molecule has 0 aliphatic heterocycles. The Kier molecular flexibility index (Phi) is 2.73. The SMILES string of the molecule is Cc1cc2ccc(F)cc2n1CCCN. The number of hydrogen-bond donors (Lipinski definition) is 1. The van der Waals surface area contributed by atoms with Crippen LogP contribution in [0.4, 0.5) is 4.39 Å². The number of nitrogens with two attached hydrogens (primary N) is 1. The minimum absolute atomic E-state index is 0.186. The molecule has 1 aromatic carbocycles. The molecule has 0 radical (unpaired) electrons. The molecule has 2 N–H and O–H groups in total. The van der Waals surface area contributed by atoms with Crippen LogP contribution in [-0.4, -0.2) is 11.1 Å². The summed E-state index contributed by atoms with van der Waals surface area (Å²) in [4.78, 5) is 0. The van der Waals surface area contributed by atoms with Gasteiger partial charge in [0.05, 0.1) is 5.52 Å². The third-order valence-corrected chi connectivity index (χ3v) is 2.66. The Morgan fingerprint density at radius 2 is 2.13 bits per heavy atom. The lowest BCUT2D eigenvalue weighted by Gasteiger charge is -2.06. The lowest BCUT2D eigenvalue weighted by Crippen LogP contribution is -2.06. The van der Waals surface area contributed by atoms with Gasteiger partial charge in [-0.3, -0.25) is 0 Å². The number of rotatable bonds is 3. The van der Waals surface area contributed by atoms with E-state index in [9.17, 15) is 4.39 Å². The fourth-order valence-corrected chi connectivity index (χ4v) is 1.91. The average molecular weight is 206 g/mol. The summed E-state index contributed by atoms with van der Waals surface area (Å²) in [6.07, 6.45) is 0.918. The Bertz CT molecular complexity index is 474. The van der Waals surface area contributed by atoms with Crippen LogP contribution in [0.1, 0.15) is 12.1 Å². The van der Waals surface area contributed by atoms with Crippen molar-refractivity contribution in [3.63, 3.8) is 0 Å². The molecule has 80 valence electrons. The second kappa shape index (κ2) is 4.03. The van der Waals surface area contributed by atoms with Gasteiger partial charge < -0.3 is 10.3 Å². The van der Waals surface area contributed by atoms with Crippen LogP contribution >= 0.6 is 0 Å². The van der Waals surface area contributed by atoms with Gasteiger partial charge >= 0.3 is 0 Å². The van der Waals surface area contributed by atoms with Crippen LogP contribution in [0.25, 0.3) is 10.9 Å². The molecule has 0 spiro atoms. The highest BCUT2D eigenvalue weighted by molar-refractivity contribution is 5.81. The van der Waals surface area contributed by atoms with E-state index in [1.165, 1.54) is 6.07 Å². The first-order valence-corrected chi connectivity index (χ1v) is 5.18. The van der Waals surface area contributed by atoms with E-state index in [-0.39, 0.29) is 5.82 Å². The topological polar surface area (TPSA) is 30.9 Å². The number of halogens is 1. The van der Waals surface area contributed by atoms with Gasteiger partial charge in [0.25, 0.3) is 0 Å². The lowest BCUT2D eigenvalue weighted by atomic mass is 10.2. The van der Waals surface area contributed by atoms with E-state index in [0.29, 0.717) is 6.54 Å². The minimum atomic E-state index is -0.186. The van der Waals surface area contributed by atoms with E-state index in [1.54, 1.807) is 6.07 Å². The van der Waals surface area contributed by atoms with Crippen molar-refractivity contribution in [2.45, 2.75) is 19.9 Å². The number of benzene rings is 1. The van der Waals surface area contributed by atoms with Gasteiger partial charge in [0, 0.05) is 17.6 Å². The van der Waals surface area contributed by atoms with Crippen LogP contribution < -0.4 is 5.73 Å². The highest BCUT2D eigenvalue weighted by Gasteiger charge is 2.05. The van der Waals surface area contributed by atoms with E-state index in [2.05, 4.69) is 10.6 Å². The van der Waals surface area contributed by atoms with Gasteiger partial charge in [-0.2, -0.15) is 0 Å². The monoisotopic (exact) mass is 206 g/mol. The van der Waals surface area contributed by atoms with Gasteiger partial charge in [-0.25, -0.2) is 4.39 Å². The van der Waals surface area contributed by atoms with Crippen molar-refractivity contribution in [2.24, 2.45) is 5.73 Å². The number of fused-ring (bicyclic) bond motifs is 1. The predicted molar refractivity (Wildman–Crippen MR) is 60.3 cm³/mol. The largest absolute Gasteiger partial charge is 0.345 e. The summed E-state index contributed by atoms with van der Waals surface area (Å²) in [7, 11) is 0. The molecule has 2 aromatic rings. The Morgan fingerprint density at radius 1 is 1.33 bits per heavy atom. The van der Waals surface area contributed by atoms with Crippen LogP contribution in [0.5, 0.6) is 0 Å². The van der Waals surface area contributed by atoms with Crippen molar-refractivity contribution in [1.82, 2.24) is 4.57 Å². The maximum atomic E-state index is 13.1. The Morgan fingerprint density at radius 3 is 2.87 bits per heavy atom. The van der Waals surface area contributed by atoms with Gasteiger partial charge in [0.2, 0.25) is 0 Å². The van der Waals surface area contributed by atoms with E-state index in [4.69, 9.17) is 5.73 Å². The molecule has 1 aromatic heterocycles. The summed E-state index contributed by atoms with van der Waals surface area (Å²) in [6.45, 7) is 3.55. The average Bonchev–Trinajstić information content (AvgIpc) is 2.51. The minimum Gasteiger partial charge on any atom is -0.345 e. The second-order valence-electron chi connectivity index (χ2n) is 3.78. The molecule has 0 atom stereocenters. The third kappa shape index (κ3) is 1.88. The zero-order chi connectivity index (χ0) is 10.8. The Hall–Kier alpha value is -1.35. The summed E-state index contributed by atoms with van der Waals surface area (Å²) in [6, 6.07) is 6.97. The Balaban J connectivity index is 2.50. The summed E-state index contributed by atoms with van der Waals surface area (Å²) < 4.78 is 15.2. The maximum Gasteiger partial charge on any atom is 0.125 e. The zero-order valence-electron chi connectivity index (χ0n) is 8.83. The van der Waals surface area contributed by atoms with Gasteiger partial charge in [0.1, 0.15) is 5.82 Å². The van der Waals surface area contributed by atoms with Crippen molar-refractivity contribution < 1.29 is 4.39 Å². The molecule has 15 heavy (non-hydrogen) atoms. The number of hydrogen-bond acceptors (Lipinski definition) is 1. The predicted octanol–water partition coefficient (Wildman–Crippen LogP) is 2.44. The summed E-state index contributed by atoms with van der Waals surface area (Å²) >= 11 is 0. The number of aryl methyl sites for hydroxylation is 2. The van der Waals surface area contributed by atoms with Crippen LogP contribution in [-0.2, 0) is 6.54 Å². The van der Waals surface area contributed by atoms with Crippen molar-refractivity contribution in [3.8, 4) is 0 Å². The van der Waals surface area contributed by atoms with E-state index >= 15 is 0 Å². The zero-order valence-corrected chi connectivity index (χ0v) is 8.83. The number of aromatic nitrogens is 1. The molecular weight excluding hydrogens is 191 g/mol. The molecule has 0 aliphatic rings. The maximum absolute atomic E-state index is 13.1. The van der Waals surface area contributed by atoms with Gasteiger partial charge in [0.15, 0.2) is 0 Å². The molecule has 0 aliphatic carbocycles. The third-order valence-electron chi connectivity index (χ3n) is 2.66. The van der Waals surface area contributed by atoms with E-state index in [0.717, 1.165) is 29.6 Å². The number of nitrogens with zero attached hydrogens (tertiary/aromatic N) is 1. The molecule has 0 bridgehead atoms. The van der Waals surface area contributed by atoms with Crippen molar-refractivity contribution >= 4 is 10.9 Å². The molecule has 0 fully saturated rings. The smallest absolute Gasteiger partial charge is 0.125 e. The highest BCUT2D eigenvalue weighted by Crippen LogP contribution is 2.20. The summed E-state index contributed by atoms with van der Waals surface area (Å²) in [5.41, 5.74) is 7.60.